The minimum atomic E-state index is -3.48. The predicted molar refractivity (Wildman–Crippen MR) is 83.4 cm³/mol. The summed E-state index contributed by atoms with van der Waals surface area (Å²) in [6.45, 7) is 3.77. The van der Waals surface area contributed by atoms with Crippen molar-refractivity contribution in [1.29, 1.82) is 0 Å². The molecule has 0 N–H and O–H groups in total. The fraction of sp³-hybridized carbons (Fsp3) is 0.571. The summed E-state index contributed by atoms with van der Waals surface area (Å²) in [5, 5.41) is 0. The number of hydrogen-bond acceptors (Lipinski definition) is 4. The molecule has 1 atom stereocenters. The lowest BCUT2D eigenvalue weighted by Crippen LogP contribution is -2.51. The minimum Gasteiger partial charge on any atom is -0.496 e. The van der Waals surface area contributed by atoms with E-state index in [0.29, 0.717) is 24.4 Å². The number of sulfonamides is 1. The van der Waals surface area contributed by atoms with Crippen LogP contribution in [-0.2, 0) is 15.9 Å². The van der Waals surface area contributed by atoms with Gasteiger partial charge in [-0.05, 0) is 32.2 Å². The molecule has 1 aromatic carbocycles. The van der Waals surface area contributed by atoms with E-state index >= 15 is 0 Å². The Morgan fingerprint density at radius 2 is 2.10 bits per heavy atom. The Balaban J connectivity index is 2.31. The number of ether oxygens (including phenoxy) is 1. The van der Waals surface area contributed by atoms with E-state index in [4.69, 9.17) is 16.3 Å². The van der Waals surface area contributed by atoms with Crippen molar-refractivity contribution in [3.05, 3.63) is 23.8 Å². The SMILES string of the molecule is COc1ccc(S(=O)(=O)N2CCN(C)C(C)C2)cc1CCl. The third-order valence-electron chi connectivity index (χ3n) is 3.96. The molecule has 1 aliphatic heterocycles. The Labute approximate surface area is 131 Å². The van der Waals surface area contributed by atoms with Gasteiger partial charge >= 0.3 is 0 Å². The molecule has 118 valence electrons. The molecule has 0 bridgehead atoms. The summed E-state index contributed by atoms with van der Waals surface area (Å²) >= 11 is 5.87. The second kappa shape index (κ2) is 6.52. The predicted octanol–water partition coefficient (Wildman–Crippen LogP) is 1.76. The van der Waals surface area contributed by atoms with Gasteiger partial charge in [-0.3, -0.25) is 0 Å². The highest BCUT2D eigenvalue weighted by Crippen LogP contribution is 2.26. The van der Waals surface area contributed by atoms with Crippen molar-refractivity contribution in [2.45, 2.75) is 23.7 Å². The van der Waals surface area contributed by atoms with E-state index in [9.17, 15) is 8.42 Å². The summed E-state index contributed by atoms with van der Waals surface area (Å²) in [6, 6.07) is 5.04. The van der Waals surface area contributed by atoms with Crippen LogP contribution in [0.2, 0.25) is 0 Å². The van der Waals surface area contributed by atoms with Gasteiger partial charge in [-0.25, -0.2) is 8.42 Å². The van der Waals surface area contributed by atoms with Gasteiger partial charge in [0.1, 0.15) is 5.75 Å². The molecule has 2 rings (SSSR count). The summed E-state index contributed by atoms with van der Waals surface area (Å²) in [5.74, 6) is 0.821. The number of alkyl halides is 1. The fourth-order valence-corrected chi connectivity index (χ4v) is 4.17. The molecule has 0 aliphatic carbocycles. The summed E-state index contributed by atoms with van der Waals surface area (Å²) < 4.78 is 32.2. The lowest BCUT2D eigenvalue weighted by atomic mass is 10.2. The van der Waals surface area contributed by atoms with Crippen molar-refractivity contribution in [1.82, 2.24) is 9.21 Å². The molecule has 1 heterocycles. The van der Waals surface area contributed by atoms with Crippen LogP contribution in [0.25, 0.3) is 0 Å². The Hall–Kier alpha value is -0.820. The number of halogens is 1. The molecule has 0 amide bonds. The Morgan fingerprint density at radius 1 is 1.38 bits per heavy atom. The number of nitrogens with zero attached hydrogens (tertiary/aromatic N) is 2. The highest BCUT2D eigenvalue weighted by Gasteiger charge is 2.31. The lowest BCUT2D eigenvalue weighted by Gasteiger charge is -2.36. The first kappa shape index (κ1) is 16.5. The standard InChI is InChI=1S/C14H21ClN2O3S/c1-11-10-17(7-6-16(11)2)21(18,19)13-4-5-14(20-3)12(8-13)9-15/h4-5,8,11H,6-7,9-10H2,1-3H3. The number of rotatable bonds is 4. The molecule has 1 saturated heterocycles. The van der Waals surface area contributed by atoms with E-state index < -0.39 is 10.0 Å². The third-order valence-corrected chi connectivity index (χ3v) is 6.11. The second-order valence-corrected chi connectivity index (χ2v) is 7.51. The number of hydrogen-bond donors (Lipinski definition) is 0. The molecule has 0 aromatic heterocycles. The molecule has 5 nitrogen and oxygen atoms in total. The largest absolute Gasteiger partial charge is 0.496 e. The lowest BCUT2D eigenvalue weighted by molar-refractivity contribution is 0.159. The smallest absolute Gasteiger partial charge is 0.243 e. The van der Waals surface area contributed by atoms with E-state index in [2.05, 4.69) is 4.90 Å². The summed E-state index contributed by atoms with van der Waals surface area (Å²) in [4.78, 5) is 2.43. The maximum absolute atomic E-state index is 12.7. The van der Waals surface area contributed by atoms with Gasteiger partial charge in [-0.15, -0.1) is 11.6 Å². The quantitative estimate of drug-likeness (QED) is 0.788. The summed E-state index contributed by atoms with van der Waals surface area (Å²) in [7, 11) is 0.0674. The number of likely N-dealkylation sites (N-methyl/N-ethyl adjacent to an activating group) is 1. The van der Waals surface area contributed by atoms with Crippen LogP contribution in [0.4, 0.5) is 0 Å². The topological polar surface area (TPSA) is 49.9 Å². The van der Waals surface area contributed by atoms with Crippen molar-refractivity contribution < 1.29 is 13.2 Å². The third kappa shape index (κ3) is 3.34. The molecular weight excluding hydrogens is 312 g/mol. The molecular formula is C14H21ClN2O3S. The maximum Gasteiger partial charge on any atom is 0.243 e. The summed E-state index contributed by atoms with van der Waals surface area (Å²) in [6.07, 6.45) is 0. The molecule has 0 radical (unpaired) electrons. The first-order chi connectivity index (χ1) is 9.90. The molecule has 0 spiro atoms. The van der Waals surface area contributed by atoms with E-state index in [0.717, 1.165) is 6.54 Å². The summed E-state index contributed by atoms with van der Waals surface area (Å²) in [5.41, 5.74) is 0.683. The Bertz CT molecular complexity index is 606. The van der Waals surface area contributed by atoms with Crippen molar-refractivity contribution in [3.8, 4) is 5.75 Å². The average Bonchev–Trinajstić information content (AvgIpc) is 2.49. The van der Waals surface area contributed by atoms with Crippen LogP contribution in [-0.4, -0.2) is 57.5 Å². The van der Waals surface area contributed by atoms with Gasteiger partial charge in [-0.2, -0.15) is 4.31 Å². The van der Waals surface area contributed by atoms with Crippen molar-refractivity contribution in [3.63, 3.8) is 0 Å². The fourth-order valence-electron chi connectivity index (χ4n) is 2.40. The van der Waals surface area contributed by atoms with Crippen LogP contribution >= 0.6 is 11.6 Å². The Kier molecular flexibility index (Phi) is 5.14. The van der Waals surface area contributed by atoms with Crippen LogP contribution in [0.15, 0.2) is 23.1 Å². The average molecular weight is 333 g/mol. The van der Waals surface area contributed by atoms with E-state index in [1.54, 1.807) is 25.3 Å². The van der Waals surface area contributed by atoms with Crippen molar-refractivity contribution in [2.24, 2.45) is 0 Å². The van der Waals surface area contributed by atoms with Gasteiger partial charge in [0.15, 0.2) is 0 Å². The molecule has 7 heteroatoms. The Morgan fingerprint density at radius 3 is 2.67 bits per heavy atom. The number of benzene rings is 1. The first-order valence-corrected chi connectivity index (χ1v) is 8.81. The highest BCUT2D eigenvalue weighted by molar-refractivity contribution is 7.89. The normalized spacial score (nSPS) is 21.4. The first-order valence-electron chi connectivity index (χ1n) is 6.83. The molecule has 21 heavy (non-hydrogen) atoms. The maximum atomic E-state index is 12.7. The van der Waals surface area contributed by atoms with Gasteiger partial charge in [0.2, 0.25) is 10.0 Å². The van der Waals surface area contributed by atoms with E-state index in [-0.39, 0.29) is 16.8 Å². The molecule has 1 aromatic rings. The molecule has 0 saturated carbocycles. The van der Waals surface area contributed by atoms with Crippen molar-refractivity contribution in [2.75, 3.05) is 33.8 Å². The van der Waals surface area contributed by atoms with Crippen LogP contribution in [0.3, 0.4) is 0 Å². The monoisotopic (exact) mass is 332 g/mol. The van der Waals surface area contributed by atoms with Crippen molar-refractivity contribution >= 4 is 21.6 Å². The van der Waals surface area contributed by atoms with Crippen LogP contribution in [0, 0.1) is 0 Å². The zero-order valence-electron chi connectivity index (χ0n) is 12.5. The van der Waals surface area contributed by atoms with Crippen LogP contribution in [0.5, 0.6) is 5.75 Å². The zero-order chi connectivity index (χ0) is 15.6. The minimum absolute atomic E-state index is 0.208. The van der Waals surface area contributed by atoms with Gasteiger partial charge in [0.05, 0.1) is 17.9 Å². The highest BCUT2D eigenvalue weighted by atomic mass is 35.5. The van der Waals surface area contributed by atoms with Gasteiger partial charge < -0.3 is 9.64 Å². The van der Waals surface area contributed by atoms with E-state index in [1.807, 2.05) is 14.0 Å². The zero-order valence-corrected chi connectivity index (χ0v) is 14.1. The van der Waals surface area contributed by atoms with Gasteiger partial charge in [-0.1, -0.05) is 0 Å². The van der Waals surface area contributed by atoms with Crippen LogP contribution in [0.1, 0.15) is 12.5 Å². The van der Waals surface area contributed by atoms with Gasteiger partial charge in [0.25, 0.3) is 0 Å². The molecule has 1 aliphatic rings. The van der Waals surface area contributed by atoms with Crippen LogP contribution < -0.4 is 4.74 Å². The number of methoxy groups -OCH3 is 1. The molecule has 1 unspecified atom stereocenters. The van der Waals surface area contributed by atoms with Gasteiger partial charge in [0, 0.05) is 31.2 Å². The second-order valence-electron chi connectivity index (χ2n) is 5.30. The molecule has 1 fully saturated rings. The number of piperazine rings is 1. The van der Waals surface area contributed by atoms with E-state index in [1.165, 1.54) is 4.31 Å².